The van der Waals surface area contributed by atoms with Gasteiger partial charge < -0.3 is 10.2 Å². The lowest BCUT2D eigenvalue weighted by Crippen LogP contribution is -2.38. The fraction of sp³-hybridized carbons (Fsp3) is 0.700. The highest BCUT2D eigenvalue weighted by Crippen LogP contribution is 2.36. The van der Waals surface area contributed by atoms with Gasteiger partial charge in [0.2, 0.25) is 0 Å². The Morgan fingerprint density at radius 2 is 2.29 bits per heavy atom. The quantitative estimate of drug-likeness (QED) is 0.812. The largest absolute Gasteiger partial charge is 0.481 e. The number of aliphatic carboxylic acids is 1. The summed E-state index contributed by atoms with van der Waals surface area (Å²) in [6.07, 6.45) is 3.72. The van der Waals surface area contributed by atoms with Gasteiger partial charge in [-0.15, -0.1) is 0 Å². The van der Waals surface area contributed by atoms with Gasteiger partial charge in [0.15, 0.2) is 4.34 Å². The predicted octanol–water partition coefficient (Wildman–Crippen LogP) is 1.64. The van der Waals surface area contributed by atoms with E-state index in [-0.39, 0.29) is 5.92 Å². The lowest BCUT2D eigenvalue weighted by molar-refractivity contribution is -0.144. The molecular formula is C10H14N2O3S2. The summed E-state index contributed by atoms with van der Waals surface area (Å²) in [5, 5.41) is 19.2. The monoisotopic (exact) mass is 274 g/mol. The molecule has 1 fully saturated rings. The molecule has 0 bridgehead atoms. The van der Waals surface area contributed by atoms with Crippen LogP contribution in [0.1, 0.15) is 25.7 Å². The molecule has 1 saturated carbocycles. The Hall–Kier alpha value is -0.660. The smallest absolute Gasteiger partial charge is 0.306 e. The lowest BCUT2D eigenvalue weighted by Gasteiger charge is -2.34. The average molecular weight is 274 g/mol. The standard InChI is InChI=1S/C10H14N2O3S2/c13-8(14)7-1-3-10(15,4-2-7)5-16-9-11-6-12-17-9/h6-7,15H,1-5H2,(H,13,14). The van der Waals surface area contributed by atoms with Crippen LogP contribution in [0.15, 0.2) is 10.7 Å². The molecule has 0 aliphatic heterocycles. The predicted molar refractivity (Wildman–Crippen MR) is 65.2 cm³/mol. The van der Waals surface area contributed by atoms with Crippen molar-refractivity contribution in [2.45, 2.75) is 35.6 Å². The Balaban J connectivity index is 1.83. The van der Waals surface area contributed by atoms with Crippen LogP contribution in [0.2, 0.25) is 0 Å². The van der Waals surface area contributed by atoms with Gasteiger partial charge in [-0.1, -0.05) is 11.8 Å². The Morgan fingerprint density at radius 3 is 2.82 bits per heavy atom. The fourth-order valence-corrected chi connectivity index (χ4v) is 3.57. The number of carbonyl (C=O) groups is 1. The molecule has 17 heavy (non-hydrogen) atoms. The Bertz CT molecular complexity index is 375. The van der Waals surface area contributed by atoms with Crippen LogP contribution in [0.3, 0.4) is 0 Å². The molecule has 0 aromatic carbocycles. The van der Waals surface area contributed by atoms with E-state index in [0.717, 1.165) is 4.34 Å². The molecular weight excluding hydrogens is 260 g/mol. The number of hydrogen-bond donors (Lipinski definition) is 2. The summed E-state index contributed by atoms with van der Waals surface area (Å²) in [5.41, 5.74) is -0.748. The molecule has 0 saturated heterocycles. The zero-order valence-electron chi connectivity index (χ0n) is 9.20. The molecule has 7 heteroatoms. The van der Waals surface area contributed by atoms with Crippen LogP contribution in [-0.2, 0) is 4.79 Å². The van der Waals surface area contributed by atoms with E-state index in [2.05, 4.69) is 9.36 Å². The summed E-state index contributed by atoms with van der Waals surface area (Å²) in [4.78, 5) is 14.8. The SMILES string of the molecule is O=C(O)C1CCC(O)(CSc2ncns2)CC1. The van der Waals surface area contributed by atoms with E-state index < -0.39 is 11.6 Å². The molecule has 1 aliphatic rings. The molecule has 0 atom stereocenters. The second kappa shape index (κ2) is 5.32. The number of aliphatic hydroxyl groups is 1. The van der Waals surface area contributed by atoms with Crippen LogP contribution in [0.5, 0.6) is 0 Å². The minimum absolute atomic E-state index is 0.290. The van der Waals surface area contributed by atoms with E-state index in [1.807, 2.05) is 0 Å². The van der Waals surface area contributed by atoms with Crippen LogP contribution >= 0.6 is 23.3 Å². The van der Waals surface area contributed by atoms with Crippen molar-refractivity contribution < 1.29 is 15.0 Å². The summed E-state index contributed by atoms with van der Waals surface area (Å²) in [5.74, 6) is -0.472. The van der Waals surface area contributed by atoms with Crippen LogP contribution in [0, 0.1) is 5.92 Å². The molecule has 2 N–H and O–H groups in total. The second-order valence-corrected chi connectivity index (χ2v) is 6.34. The van der Waals surface area contributed by atoms with Crippen LogP contribution < -0.4 is 0 Å². The summed E-state index contributed by atoms with van der Waals surface area (Å²) < 4.78 is 4.74. The summed E-state index contributed by atoms with van der Waals surface area (Å²) in [6, 6.07) is 0. The first-order valence-corrected chi connectivity index (χ1v) is 7.20. The Morgan fingerprint density at radius 1 is 1.59 bits per heavy atom. The minimum atomic E-state index is -0.748. The van der Waals surface area contributed by atoms with Crippen molar-refractivity contribution in [1.29, 1.82) is 0 Å². The van der Waals surface area contributed by atoms with Gasteiger partial charge in [0.1, 0.15) is 6.33 Å². The van der Waals surface area contributed by atoms with E-state index in [1.165, 1.54) is 29.6 Å². The Labute approximate surface area is 107 Å². The third-order valence-electron chi connectivity index (χ3n) is 3.07. The van der Waals surface area contributed by atoms with Gasteiger partial charge in [-0.2, -0.15) is 4.37 Å². The fourth-order valence-electron chi connectivity index (χ4n) is 1.97. The lowest BCUT2D eigenvalue weighted by atomic mass is 9.80. The van der Waals surface area contributed by atoms with Crippen LogP contribution in [0.4, 0.5) is 0 Å². The van der Waals surface area contributed by atoms with E-state index in [4.69, 9.17) is 5.11 Å². The van der Waals surface area contributed by atoms with Crippen LogP contribution in [0.25, 0.3) is 0 Å². The van der Waals surface area contributed by atoms with Gasteiger partial charge in [0.05, 0.1) is 11.5 Å². The van der Waals surface area contributed by atoms with E-state index in [9.17, 15) is 9.90 Å². The number of carboxylic acids is 1. The van der Waals surface area contributed by atoms with Crippen molar-refractivity contribution in [3.8, 4) is 0 Å². The molecule has 5 nitrogen and oxygen atoms in total. The molecule has 0 spiro atoms. The maximum absolute atomic E-state index is 10.8. The third kappa shape index (κ3) is 3.40. The van der Waals surface area contributed by atoms with E-state index in [1.54, 1.807) is 0 Å². The summed E-state index contributed by atoms with van der Waals surface area (Å²) in [7, 11) is 0. The zero-order chi connectivity index (χ0) is 12.3. The van der Waals surface area contributed by atoms with Gasteiger partial charge in [0, 0.05) is 5.75 Å². The maximum Gasteiger partial charge on any atom is 0.306 e. The number of nitrogens with zero attached hydrogens (tertiary/aromatic N) is 2. The van der Waals surface area contributed by atoms with Gasteiger partial charge in [-0.05, 0) is 37.2 Å². The first kappa shape index (κ1) is 12.8. The average Bonchev–Trinajstić information content (AvgIpc) is 2.80. The molecule has 0 radical (unpaired) electrons. The van der Waals surface area contributed by atoms with Gasteiger partial charge in [0.25, 0.3) is 0 Å². The molecule has 1 heterocycles. The normalized spacial score (nSPS) is 29.1. The first-order chi connectivity index (χ1) is 8.09. The zero-order valence-corrected chi connectivity index (χ0v) is 10.8. The molecule has 94 valence electrons. The van der Waals surface area contributed by atoms with Gasteiger partial charge in [-0.3, -0.25) is 4.79 Å². The molecule has 1 aromatic heterocycles. The number of rotatable bonds is 4. The van der Waals surface area contributed by atoms with Gasteiger partial charge in [-0.25, -0.2) is 4.98 Å². The van der Waals surface area contributed by atoms with Crippen molar-refractivity contribution in [2.75, 3.05) is 5.75 Å². The maximum atomic E-state index is 10.8. The molecule has 1 aliphatic carbocycles. The first-order valence-electron chi connectivity index (χ1n) is 5.44. The van der Waals surface area contributed by atoms with Crippen LogP contribution in [-0.4, -0.2) is 36.9 Å². The summed E-state index contributed by atoms with van der Waals surface area (Å²) in [6.45, 7) is 0. The molecule has 2 rings (SSSR count). The van der Waals surface area contributed by atoms with Crippen molar-refractivity contribution in [2.24, 2.45) is 5.92 Å². The van der Waals surface area contributed by atoms with Crippen molar-refractivity contribution in [1.82, 2.24) is 9.36 Å². The van der Waals surface area contributed by atoms with E-state index >= 15 is 0 Å². The molecule has 1 aromatic rings. The number of hydrogen-bond acceptors (Lipinski definition) is 6. The van der Waals surface area contributed by atoms with Crippen molar-refractivity contribution >= 4 is 29.3 Å². The highest BCUT2D eigenvalue weighted by Gasteiger charge is 2.35. The molecule has 0 unspecified atom stereocenters. The minimum Gasteiger partial charge on any atom is -0.481 e. The second-order valence-electron chi connectivity index (χ2n) is 4.33. The third-order valence-corrected chi connectivity index (χ3v) is 5.14. The highest BCUT2D eigenvalue weighted by molar-refractivity contribution is 8.01. The topological polar surface area (TPSA) is 83.3 Å². The number of carboxylic acid groups (broad SMARTS) is 1. The number of aromatic nitrogens is 2. The number of thioether (sulfide) groups is 1. The highest BCUT2D eigenvalue weighted by atomic mass is 32.2. The van der Waals surface area contributed by atoms with Gasteiger partial charge >= 0.3 is 5.97 Å². The van der Waals surface area contributed by atoms with Crippen molar-refractivity contribution in [3.63, 3.8) is 0 Å². The Kier molecular flexibility index (Phi) is 4.01. The molecule has 0 amide bonds. The van der Waals surface area contributed by atoms with Crippen molar-refractivity contribution in [3.05, 3.63) is 6.33 Å². The van der Waals surface area contributed by atoms with E-state index in [0.29, 0.717) is 31.4 Å². The summed E-state index contributed by atoms with van der Waals surface area (Å²) >= 11 is 2.80.